The van der Waals surface area contributed by atoms with Crippen molar-refractivity contribution >= 4 is 17.3 Å². The first-order valence-electron chi connectivity index (χ1n) is 3.98. The topological polar surface area (TPSA) is 41.1 Å². The number of hydrogen-bond donors (Lipinski definition) is 2. The van der Waals surface area contributed by atoms with E-state index in [-0.39, 0.29) is 5.91 Å². The molecule has 0 aliphatic carbocycles. The van der Waals surface area contributed by atoms with Crippen LogP contribution in [0.4, 0.5) is 11.4 Å². The van der Waals surface area contributed by atoms with Crippen molar-refractivity contribution in [2.24, 2.45) is 0 Å². The monoisotopic (exact) mass is 176 g/mol. The second kappa shape index (κ2) is 4.30. The molecule has 0 spiro atoms. The number of hydrogen-bond acceptors (Lipinski definition) is 2. The van der Waals surface area contributed by atoms with Gasteiger partial charge in [0.2, 0.25) is 5.91 Å². The van der Waals surface area contributed by atoms with Gasteiger partial charge in [-0.2, -0.15) is 0 Å². The van der Waals surface area contributed by atoms with Gasteiger partial charge >= 0.3 is 0 Å². The van der Waals surface area contributed by atoms with Crippen LogP contribution in [0.1, 0.15) is 0 Å². The van der Waals surface area contributed by atoms with Crippen LogP contribution in [0, 0.1) is 0 Å². The highest BCUT2D eigenvalue weighted by molar-refractivity contribution is 6.01. The Bertz CT molecular complexity index is 320. The van der Waals surface area contributed by atoms with Gasteiger partial charge in [-0.1, -0.05) is 18.7 Å². The standard InChI is InChI=1S/C10H12N2O/c1-3-10(13)12-9-7-5-4-6-8(9)11-2/h3-7,11H,1H2,2H3,(H,12,13). The SMILES string of the molecule is C=CC(=O)Nc1ccccc1NC. The predicted molar refractivity (Wildman–Crippen MR) is 54.8 cm³/mol. The van der Waals surface area contributed by atoms with Crippen molar-refractivity contribution in [3.8, 4) is 0 Å². The summed E-state index contributed by atoms with van der Waals surface area (Å²) in [7, 11) is 1.80. The molecule has 0 bridgehead atoms. The fraction of sp³-hybridized carbons (Fsp3) is 0.100. The third-order valence-electron chi connectivity index (χ3n) is 1.64. The van der Waals surface area contributed by atoms with Gasteiger partial charge in [0.15, 0.2) is 0 Å². The molecule has 0 aromatic heterocycles. The van der Waals surface area contributed by atoms with Crippen molar-refractivity contribution in [3.63, 3.8) is 0 Å². The Kier molecular flexibility index (Phi) is 3.09. The number of rotatable bonds is 3. The van der Waals surface area contributed by atoms with Gasteiger partial charge in [-0.25, -0.2) is 0 Å². The molecule has 2 N–H and O–H groups in total. The van der Waals surface area contributed by atoms with Gasteiger partial charge in [-0.3, -0.25) is 4.79 Å². The van der Waals surface area contributed by atoms with Crippen LogP contribution in [0.2, 0.25) is 0 Å². The Labute approximate surface area is 77.5 Å². The van der Waals surface area contributed by atoms with E-state index >= 15 is 0 Å². The molecule has 1 amide bonds. The third kappa shape index (κ3) is 2.33. The fourth-order valence-electron chi connectivity index (χ4n) is 0.994. The van der Waals surface area contributed by atoms with Crippen LogP contribution >= 0.6 is 0 Å². The molecule has 3 nitrogen and oxygen atoms in total. The van der Waals surface area contributed by atoms with Crippen LogP contribution in [0.5, 0.6) is 0 Å². The number of carbonyl (C=O) groups is 1. The minimum Gasteiger partial charge on any atom is -0.386 e. The molecule has 1 aromatic carbocycles. The smallest absolute Gasteiger partial charge is 0.247 e. The summed E-state index contributed by atoms with van der Waals surface area (Å²) in [6.07, 6.45) is 1.24. The maximum absolute atomic E-state index is 11.0. The zero-order valence-corrected chi connectivity index (χ0v) is 7.50. The zero-order chi connectivity index (χ0) is 9.68. The van der Waals surface area contributed by atoms with Gasteiger partial charge in [0, 0.05) is 7.05 Å². The lowest BCUT2D eigenvalue weighted by Gasteiger charge is -2.08. The van der Waals surface area contributed by atoms with E-state index in [9.17, 15) is 4.79 Å². The molecule has 0 fully saturated rings. The van der Waals surface area contributed by atoms with E-state index in [1.54, 1.807) is 7.05 Å². The van der Waals surface area contributed by atoms with Gasteiger partial charge in [0.1, 0.15) is 0 Å². The summed E-state index contributed by atoms with van der Waals surface area (Å²) >= 11 is 0. The lowest BCUT2D eigenvalue weighted by Crippen LogP contribution is -2.08. The first kappa shape index (κ1) is 9.32. The lowest BCUT2D eigenvalue weighted by atomic mass is 10.2. The first-order chi connectivity index (χ1) is 6.27. The Balaban J connectivity index is 2.86. The highest BCUT2D eigenvalue weighted by atomic mass is 16.1. The molecule has 0 saturated heterocycles. The first-order valence-corrected chi connectivity index (χ1v) is 3.98. The number of benzene rings is 1. The summed E-state index contributed by atoms with van der Waals surface area (Å²) in [6, 6.07) is 7.47. The predicted octanol–water partition coefficient (Wildman–Crippen LogP) is 1.85. The van der Waals surface area contributed by atoms with E-state index in [1.165, 1.54) is 6.08 Å². The van der Waals surface area contributed by atoms with E-state index in [0.29, 0.717) is 0 Å². The summed E-state index contributed by atoms with van der Waals surface area (Å²) in [6.45, 7) is 3.38. The van der Waals surface area contributed by atoms with Crippen LogP contribution < -0.4 is 10.6 Å². The highest BCUT2D eigenvalue weighted by Gasteiger charge is 2.00. The Morgan fingerprint density at radius 2 is 2.00 bits per heavy atom. The molecule has 0 atom stereocenters. The molecule has 0 unspecified atom stereocenters. The number of nitrogens with one attached hydrogen (secondary N) is 2. The molecular weight excluding hydrogens is 164 g/mol. The van der Waals surface area contributed by atoms with E-state index in [0.717, 1.165) is 11.4 Å². The maximum Gasteiger partial charge on any atom is 0.247 e. The van der Waals surface area contributed by atoms with Gasteiger partial charge in [-0.05, 0) is 18.2 Å². The van der Waals surface area contributed by atoms with Gasteiger partial charge in [-0.15, -0.1) is 0 Å². The summed E-state index contributed by atoms with van der Waals surface area (Å²) in [4.78, 5) is 11.0. The van der Waals surface area contributed by atoms with Crippen molar-refractivity contribution in [1.82, 2.24) is 0 Å². The highest BCUT2D eigenvalue weighted by Crippen LogP contribution is 2.19. The largest absolute Gasteiger partial charge is 0.386 e. The van der Waals surface area contributed by atoms with Crippen LogP contribution in [0.15, 0.2) is 36.9 Å². The van der Waals surface area contributed by atoms with Crippen molar-refractivity contribution < 1.29 is 4.79 Å². The Hall–Kier alpha value is -1.77. The molecule has 3 heteroatoms. The molecule has 68 valence electrons. The van der Waals surface area contributed by atoms with Gasteiger partial charge < -0.3 is 10.6 Å². The molecule has 0 aliphatic heterocycles. The average Bonchev–Trinajstić information content (AvgIpc) is 2.18. The summed E-state index contributed by atoms with van der Waals surface area (Å²) < 4.78 is 0. The van der Waals surface area contributed by atoms with Gasteiger partial charge in [0.25, 0.3) is 0 Å². The quantitative estimate of drug-likeness (QED) is 0.690. The molecule has 0 saturated carbocycles. The van der Waals surface area contributed by atoms with E-state index < -0.39 is 0 Å². The fourth-order valence-corrected chi connectivity index (χ4v) is 0.994. The van der Waals surface area contributed by atoms with E-state index in [2.05, 4.69) is 17.2 Å². The molecule has 0 heterocycles. The number of para-hydroxylation sites is 2. The van der Waals surface area contributed by atoms with Crippen molar-refractivity contribution in [1.29, 1.82) is 0 Å². The number of carbonyl (C=O) groups excluding carboxylic acids is 1. The minimum absolute atomic E-state index is 0.206. The normalized spacial score (nSPS) is 9.00. The number of anilines is 2. The maximum atomic E-state index is 11.0. The average molecular weight is 176 g/mol. The van der Waals surface area contributed by atoms with Crippen molar-refractivity contribution in [2.45, 2.75) is 0 Å². The van der Waals surface area contributed by atoms with Gasteiger partial charge in [0.05, 0.1) is 11.4 Å². The molecule has 0 radical (unpaired) electrons. The summed E-state index contributed by atoms with van der Waals surface area (Å²) in [5.41, 5.74) is 1.65. The molecule has 13 heavy (non-hydrogen) atoms. The van der Waals surface area contributed by atoms with E-state index in [1.807, 2.05) is 24.3 Å². The lowest BCUT2D eigenvalue weighted by molar-refractivity contribution is -0.111. The number of amides is 1. The van der Waals surface area contributed by atoms with Crippen LogP contribution in [0.3, 0.4) is 0 Å². The summed E-state index contributed by atoms with van der Waals surface area (Å²) in [5, 5.41) is 5.67. The van der Waals surface area contributed by atoms with Crippen LogP contribution in [-0.2, 0) is 4.79 Å². The molecule has 1 aromatic rings. The minimum atomic E-state index is -0.206. The zero-order valence-electron chi connectivity index (χ0n) is 7.50. The second-order valence-electron chi connectivity index (χ2n) is 2.49. The van der Waals surface area contributed by atoms with Crippen LogP contribution in [0.25, 0.3) is 0 Å². The third-order valence-corrected chi connectivity index (χ3v) is 1.64. The Morgan fingerprint density at radius 3 is 2.54 bits per heavy atom. The summed E-state index contributed by atoms with van der Waals surface area (Å²) in [5.74, 6) is -0.206. The molecule has 1 rings (SSSR count). The molecular formula is C10H12N2O. The van der Waals surface area contributed by atoms with Crippen LogP contribution in [-0.4, -0.2) is 13.0 Å². The van der Waals surface area contributed by atoms with E-state index in [4.69, 9.17) is 0 Å². The van der Waals surface area contributed by atoms with Crippen molar-refractivity contribution in [3.05, 3.63) is 36.9 Å². The van der Waals surface area contributed by atoms with Crippen molar-refractivity contribution in [2.75, 3.05) is 17.7 Å². The Morgan fingerprint density at radius 1 is 1.38 bits per heavy atom. The second-order valence-corrected chi connectivity index (χ2v) is 2.49. The molecule has 0 aliphatic rings.